The number of anilines is 1. The highest BCUT2D eigenvalue weighted by atomic mass is 16.3. The molecular formula is C14H13N3O. The van der Waals surface area contributed by atoms with Gasteiger partial charge in [-0.15, -0.1) is 0 Å². The van der Waals surface area contributed by atoms with Gasteiger partial charge in [0.25, 0.3) is 0 Å². The van der Waals surface area contributed by atoms with Gasteiger partial charge < -0.3 is 10.4 Å². The molecule has 1 aromatic carbocycles. The molecule has 0 aliphatic rings. The average Bonchev–Trinajstić information content (AvgIpc) is 2.45. The van der Waals surface area contributed by atoms with Gasteiger partial charge in [-0.3, -0.25) is 0 Å². The predicted octanol–water partition coefficient (Wildman–Crippen LogP) is 2.06. The highest BCUT2D eigenvalue weighted by Gasteiger charge is 2.01. The molecule has 1 aromatic heterocycles. The lowest BCUT2D eigenvalue weighted by Crippen LogP contribution is -2.02. The van der Waals surface area contributed by atoms with Crippen molar-refractivity contribution in [2.24, 2.45) is 0 Å². The van der Waals surface area contributed by atoms with Crippen molar-refractivity contribution in [3.05, 3.63) is 59.4 Å². The monoisotopic (exact) mass is 239 g/mol. The molecule has 0 radical (unpaired) electrons. The Labute approximate surface area is 106 Å². The topological polar surface area (TPSA) is 68.9 Å². The summed E-state index contributed by atoms with van der Waals surface area (Å²) in [5.74, 6) is 0. The van der Waals surface area contributed by atoms with Crippen LogP contribution in [0, 0.1) is 11.3 Å². The first-order chi connectivity index (χ1) is 8.83. The van der Waals surface area contributed by atoms with Gasteiger partial charge in [-0.2, -0.15) is 5.26 Å². The van der Waals surface area contributed by atoms with Crippen LogP contribution in [0.1, 0.15) is 16.8 Å². The van der Waals surface area contributed by atoms with Crippen LogP contribution >= 0.6 is 0 Å². The molecule has 1 heterocycles. The van der Waals surface area contributed by atoms with Gasteiger partial charge in [-0.05, 0) is 23.3 Å². The minimum absolute atomic E-state index is 0.0319. The molecule has 0 saturated heterocycles. The van der Waals surface area contributed by atoms with E-state index in [0.29, 0.717) is 12.2 Å². The Balaban J connectivity index is 2.09. The first kappa shape index (κ1) is 12.1. The molecule has 0 spiro atoms. The first-order valence-electron chi connectivity index (χ1n) is 5.61. The molecule has 18 heavy (non-hydrogen) atoms. The summed E-state index contributed by atoms with van der Waals surface area (Å²) in [6, 6.07) is 13.3. The zero-order valence-electron chi connectivity index (χ0n) is 9.80. The molecule has 0 aliphatic carbocycles. The van der Waals surface area contributed by atoms with Gasteiger partial charge in [-0.25, -0.2) is 4.98 Å². The number of aliphatic hydroxyl groups is 1. The van der Waals surface area contributed by atoms with Crippen LogP contribution in [0.4, 0.5) is 5.69 Å². The maximum absolute atomic E-state index is 9.06. The molecule has 0 fully saturated rings. The number of nitriles is 1. The van der Waals surface area contributed by atoms with E-state index in [4.69, 9.17) is 10.4 Å². The number of rotatable bonds is 4. The van der Waals surface area contributed by atoms with Crippen molar-refractivity contribution in [3.8, 4) is 6.07 Å². The van der Waals surface area contributed by atoms with Crippen molar-refractivity contribution in [1.29, 1.82) is 5.26 Å². The third-order valence-electron chi connectivity index (χ3n) is 2.57. The Bertz CT molecular complexity index is 575. The number of nitrogens with zero attached hydrogens (tertiary/aromatic N) is 2. The van der Waals surface area contributed by atoms with Crippen molar-refractivity contribution in [3.63, 3.8) is 0 Å². The Hall–Kier alpha value is -2.38. The summed E-state index contributed by atoms with van der Waals surface area (Å²) in [6.45, 7) is 0.623. The largest absolute Gasteiger partial charge is 0.392 e. The summed E-state index contributed by atoms with van der Waals surface area (Å²) < 4.78 is 0. The number of aliphatic hydroxyl groups excluding tert-OH is 1. The van der Waals surface area contributed by atoms with E-state index in [1.807, 2.05) is 36.4 Å². The van der Waals surface area contributed by atoms with Crippen molar-refractivity contribution in [1.82, 2.24) is 4.98 Å². The van der Waals surface area contributed by atoms with Gasteiger partial charge >= 0.3 is 0 Å². The van der Waals surface area contributed by atoms with Gasteiger partial charge in [0, 0.05) is 12.7 Å². The summed E-state index contributed by atoms with van der Waals surface area (Å²) in [4.78, 5) is 3.98. The Kier molecular flexibility index (Phi) is 3.90. The third-order valence-corrected chi connectivity index (χ3v) is 2.57. The fourth-order valence-corrected chi connectivity index (χ4v) is 1.67. The first-order valence-corrected chi connectivity index (χ1v) is 5.61. The Morgan fingerprint density at radius 1 is 1.22 bits per heavy atom. The fraction of sp³-hybridized carbons (Fsp3) is 0.143. The molecule has 0 unspecified atom stereocenters. The maximum atomic E-state index is 9.06. The molecule has 4 nitrogen and oxygen atoms in total. The summed E-state index contributed by atoms with van der Waals surface area (Å²) in [6.07, 6.45) is 1.59. The van der Waals surface area contributed by atoms with Crippen LogP contribution in [0.15, 0.2) is 42.6 Å². The van der Waals surface area contributed by atoms with Crippen LogP contribution in [0.25, 0.3) is 0 Å². The summed E-state index contributed by atoms with van der Waals surface area (Å²) in [7, 11) is 0. The minimum atomic E-state index is 0.0319. The molecule has 2 aromatic rings. The zero-order chi connectivity index (χ0) is 12.8. The number of hydrogen-bond donors (Lipinski definition) is 2. The minimum Gasteiger partial charge on any atom is -0.392 e. The average molecular weight is 239 g/mol. The van der Waals surface area contributed by atoms with E-state index in [1.165, 1.54) is 0 Å². The third kappa shape index (κ3) is 2.84. The van der Waals surface area contributed by atoms with Gasteiger partial charge in [0.2, 0.25) is 0 Å². The van der Waals surface area contributed by atoms with Crippen LogP contribution in [0.2, 0.25) is 0 Å². The smallest absolute Gasteiger partial charge is 0.163 e. The zero-order valence-corrected chi connectivity index (χ0v) is 9.80. The van der Waals surface area contributed by atoms with E-state index in [1.54, 1.807) is 12.3 Å². The van der Waals surface area contributed by atoms with E-state index in [2.05, 4.69) is 10.3 Å². The molecule has 0 saturated carbocycles. The molecule has 0 atom stereocenters. The predicted molar refractivity (Wildman–Crippen MR) is 68.6 cm³/mol. The van der Waals surface area contributed by atoms with Crippen LogP contribution in [-0.2, 0) is 13.2 Å². The molecule has 2 rings (SSSR count). The van der Waals surface area contributed by atoms with Gasteiger partial charge in [0.05, 0.1) is 12.3 Å². The molecular weight excluding hydrogens is 226 g/mol. The summed E-state index contributed by atoms with van der Waals surface area (Å²) in [5, 5.41) is 21.1. The SMILES string of the molecule is N#Cc1ncccc1NCc1cccc(CO)c1. The lowest BCUT2D eigenvalue weighted by atomic mass is 10.1. The van der Waals surface area contributed by atoms with Crippen molar-refractivity contribution in [2.45, 2.75) is 13.2 Å². The second-order valence-electron chi connectivity index (χ2n) is 3.84. The Morgan fingerprint density at radius 3 is 2.83 bits per heavy atom. The maximum Gasteiger partial charge on any atom is 0.163 e. The van der Waals surface area contributed by atoms with E-state index in [0.717, 1.165) is 16.8 Å². The highest BCUT2D eigenvalue weighted by molar-refractivity contribution is 5.53. The van der Waals surface area contributed by atoms with Gasteiger partial charge in [0.1, 0.15) is 6.07 Å². The summed E-state index contributed by atoms with van der Waals surface area (Å²) in [5.41, 5.74) is 3.03. The molecule has 4 heteroatoms. The van der Waals surface area contributed by atoms with Crippen molar-refractivity contribution >= 4 is 5.69 Å². The molecule has 0 bridgehead atoms. The molecule has 0 aliphatic heterocycles. The van der Waals surface area contributed by atoms with Crippen LogP contribution in [-0.4, -0.2) is 10.1 Å². The molecule has 90 valence electrons. The number of pyridine rings is 1. The lowest BCUT2D eigenvalue weighted by molar-refractivity contribution is 0.281. The van der Waals surface area contributed by atoms with Crippen molar-refractivity contribution in [2.75, 3.05) is 5.32 Å². The normalized spacial score (nSPS) is 9.78. The van der Waals surface area contributed by atoms with E-state index < -0.39 is 0 Å². The fourth-order valence-electron chi connectivity index (χ4n) is 1.67. The van der Waals surface area contributed by atoms with E-state index in [9.17, 15) is 0 Å². The molecule has 0 amide bonds. The number of nitrogens with one attached hydrogen (secondary N) is 1. The van der Waals surface area contributed by atoms with Gasteiger partial charge in [-0.1, -0.05) is 24.3 Å². The van der Waals surface area contributed by atoms with E-state index in [-0.39, 0.29) is 6.61 Å². The quantitative estimate of drug-likeness (QED) is 0.856. The van der Waals surface area contributed by atoms with Gasteiger partial charge in [0.15, 0.2) is 5.69 Å². The number of benzene rings is 1. The Morgan fingerprint density at radius 2 is 2.06 bits per heavy atom. The van der Waals surface area contributed by atoms with Crippen LogP contribution in [0.5, 0.6) is 0 Å². The summed E-state index contributed by atoms with van der Waals surface area (Å²) >= 11 is 0. The second-order valence-corrected chi connectivity index (χ2v) is 3.84. The standard InChI is InChI=1S/C14H13N3O/c15-8-14-13(5-2-6-16-14)17-9-11-3-1-4-12(7-11)10-18/h1-7,17-18H,9-10H2. The van der Waals surface area contributed by atoms with Crippen LogP contribution < -0.4 is 5.32 Å². The number of aromatic nitrogens is 1. The van der Waals surface area contributed by atoms with Crippen LogP contribution in [0.3, 0.4) is 0 Å². The van der Waals surface area contributed by atoms with Crippen molar-refractivity contribution < 1.29 is 5.11 Å². The lowest BCUT2D eigenvalue weighted by Gasteiger charge is -2.08. The molecule has 2 N–H and O–H groups in total. The highest BCUT2D eigenvalue weighted by Crippen LogP contribution is 2.13. The second kappa shape index (κ2) is 5.80. The number of hydrogen-bond acceptors (Lipinski definition) is 4. The van der Waals surface area contributed by atoms with E-state index >= 15 is 0 Å².